The number of halogens is 2. The Labute approximate surface area is 159 Å². The first-order valence-electron chi connectivity index (χ1n) is 7.99. The van der Waals surface area contributed by atoms with Gasteiger partial charge < -0.3 is 4.90 Å². The minimum Gasteiger partial charge on any atom is -0.327 e. The monoisotopic (exact) mass is 388 g/mol. The summed E-state index contributed by atoms with van der Waals surface area (Å²) in [6.45, 7) is 2.82. The topological polar surface area (TPSA) is 76.8 Å². The van der Waals surface area contributed by atoms with Crippen molar-refractivity contribution in [3.05, 3.63) is 58.2 Å². The molecule has 4 rings (SSSR count). The van der Waals surface area contributed by atoms with Crippen LogP contribution in [0.4, 0.5) is 0 Å². The SMILES string of the molecule is CC1Cn2c(nnc2-c2cnccn2)C(=O)N1Cc1c(Cl)cccc1Cl. The second-order valence-corrected chi connectivity index (χ2v) is 6.85. The van der Waals surface area contributed by atoms with Gasteiger partial charge in [0.2, 0.25) is 5.82 Å². The zero-order valence-corrected chi connectivity index (χ0v) is 15.3. The molecule has 7 nitrogen and oxygen atoms in total. The van der Waals surface area contributed by atoms with Crippen molar-refractivity contribution in [2.45, 2.75) is 26.1 Å². The first-order chi connectivity index (χ1) is 12.6. The lowest BCUT2D eigenvalue weighted by atomic mass is 10.1. The molecule has 1 aliphatic rings. The van der Waals surface area contributed by atoms with Crippen molar-refractivity contribution in [1.82, 2.24) is 29.6 Å². The predicted octanol–water partition coefficient (Wildman–Crippen LogP) is 3.09. The molecule has 0 N–H and O–H groups in total. The molecule has 0 radical (unpaired) electrons. The smallest absolute Gasteiger partial charge is 0.292 e. The van der Waals surface area contributed by atoms with Gasteiger partial charge in [0, 0.05) is 47.1 Å². The van der Waals surface area contributed by atoms with E-state index in [2.05, 4.69) is 20.2 Å². The van der Waals surface area contributed by atoms with Gasteiger partial charge in [-0.05, 0) is 19.1 Å². The molecule has 1 atom stereocenters. The molecule has 1 unspecified atom stereocenters. The van der Waals surface area contributed by atoms with Crippen molar-refractivity contribution in [1.29, 1.82) is 0 Å². The Morgan fingerprint density at radius 3 is 2.58 bits per heavy atom. The maximum atomic E-state index is 13.0. The number of rotatable bonds is 3. The number of aromatic nitrogens is 5. The Hall–Kier alpha value is -2.51. The number of hydrogen-bond acceptors (Lipinski definition) is 5. The summed E-state index contributed by atoms with van der Waals surface area (Å²) in [6.07, 6.45) is 4.76. The zero-order valence-electron chi connectivity index (χ0n) is 13.8. The highest BCUT2D eigenvalue weighted by Crippen LogP contribution is 2.29. The molecule has 0 saturated heterocycles. The quantitative estimate of drug-likeness (QED) is 0.688. The van der Waals surface area contributed by atoms with Crippen molar-refractivity contribution in [2.75, 3.05) is 0 Å². The highest BCUT2D eigenvalue weighted by atomic mass is 35.5. The third kappa shape index (κ3) is 2.83. The second kappa shape index (κ2) is 6.66. The lowest BCUT2D eigenvalue weighted by molar-refractivity contribution is 0.0588. The third-order valence-corrected chi connectivity index (χ3v) is 5.07. The first kappa shape index (κ1) is 16.9. The van der Waals surface area contributed by atoms with Gasteiger partial charge in [0.05, 0.1) is 6.20 Å². The van der Waals surface area contributed by atoms with E-state index in [9.17, 15) is 4.79 Å². The molecule has 9 heteroatoms. The van der Waals surface area contributed by atoms with E-state index < -0.39 is 0 Å². The van der Waals surface area contributed by atoms with Crippen molar-refractivity contribution < 1.29 is 4.79 Å². The Balaban J connectivity index is 1.69. The van der Waals surface area contributed by atoms with Crippen LogP contribution in [0.15, 0.2) is 36.8 Å². The van der Waals surface area contributed by atoms with Gasteiger partial charge in [-0.25, -0.2) is 4.98 Å². The van der Waals surface area contributed by atoms with Crippen LogP contribution in [0.25, 0.3) is 11.5 Å². The van der Waals surface area contributed by atoms with Crippen LogP contribution in [-0.4, -0.2) is 41.6 Å². The summed E-state index contributed by atoms with van der Waals surface area (Å²) in [7, 11) is 0. The summed E-state index contributed by atoms with van der Waals surface area (Å²) in [4.78, 5) is 23.0. The van der Waals surface area contributed by atoms with Crippen LogP contribution in [0.5, 0.6) is 0 Å². The molecule has 0 fully saturated rings. The molecule has 0 saturated carbocycles. The fraction of sp³-hybridized carbons (Fsp3) is 0.235. The van der Waals surface area contributed by atoms with Gasteiger partial charge in [0.1, 0.15) is 5.69 Å². The molecule has 1 aromatic carbocycles. The van der Waals surface area contributed by atoms with E-state index in [1.807, 2.05) is 6.92 Å². The minimum absolute atomic E-state index is 0.0891. The number of benzene rings is 1. The largest absolute Gasteiger partial charge is 0.327 e. The Morgan fingerprint density at radius 1 is 1.15 bits per heavy atom. The van der Waals surface area contributed by atoms with Crippen LogP contribution in [0.1, 0.15) is 23.1 Å². The normalized spacial score (nSPS) is 16.7. The molecule has 1 amide bonds. The highest BCUT2D eigenvalue weighted by molar-refractivity contribution is 6.36. The van der Waals surface area contributed by atoms with Crippen LogP contribution < -0.4 is 0 Å². The van der Waals surface area contributed by atoms with Crippen molar-refractivity contribution in [3.8, 4) is 11.5 Å². The molecular weight excluding hydrogens is 375 g/mol. The lowest BCUT2D eigenvalue weighted by Gasteiger charge is -2.34. The van der Waals surface area contributed by atoms with Crippen molar-refractivity contribution in [3.63, 3.8) is 0 Å². The Bertz CT molecular complexity index is 954. The number of carbonyl (C=O) groups excluding carboxylic acids is 1. The molecule has 3 heterocycles. The number of carbonyl (C=O) groups is 1. The van der Waals surface area contributed by atoms with Gasteiger partial charge in [-0.3, -0.25) is 14.3 Å². The zero-order chi connectivity index (χ0) is 18.3. The third-order valence-electron chi connectivity index (χ3n) is 4.36. The van der Waals surface area contributed by atoms with Gasteiger partial charge >= 0.3 is 0 Å². The fourth-order valence-electron chi connectivity index (χ4n) is 3.01. The van der Waals surface area contributed by atoms with Gasteiger partial charge in [-0.15, -0.1) is 10.2 Å². The summed E-state index contributed by atoms with van der Waals surface area (Å²) >= 11 is 12.5. The van der Waals surface area contributed by atoms with Gasteiger partial charge in [-0.2, -0.15) is 0 Å². The average molecular weight is 389 g/mol. The lowest BCUT2D eigenvalue weighted by Crippen LogP contribution is -2.46. The standard InChI is InChI=1S/C17H14Cl2N6O/c1-10-8-25-15(14-7-20-5-6-21-14)22-23-16(25)17(26)24(10)9-11-12(18)3-2-4-13(11)19/h2-7,10H,8-9H2,1H3. The highest BCUT2D eigenvalue weighted by Gasteiger charge is 2.34. The molecule has 132 valence electrons. The maximum Gasteiger partial charge on any atom is 0.292 e. The van der Waals surface area contributed by atoms with Gasteiger partial charge in [0.15, 0.2) is 5.82 Å². The number of nitrogens with zero attached hydrogens (tertiary/aromatic N) is 6. The molecule has 0 spiro atoms. The molecule has 3 aromatic rings. The van der Waals surface area contributed by atoms with Gasteiger partial charge in [-0.1, -0.05) is 29.3 Å². The Kier molecular flexibility index (Phi) is 4.34. The first-order valence-corrected chi connectivity index (χ1v) is 8.75. The van der Waals surface area contributed by atoms with Crippen molar-refractivity contribution >= 4 is 29.1 Å². The number of hydrogen-bond donors (Lipinski definition) is 0. The van der Waals surface area contributed by atoms with E-state index in [-0.39, 0.29) is 17.8 Å². The molecule has 26 heavy (non-hydrogen) atoms. The average Bonchev–Trinajstić information content (AvgIpc) is 3.05. The summed E-state index contributed by atoms with van der Waals surface area (Å²) < 4.78 is 1.78. The van der Waals surface area contributed by atoms with E-state index in [0.29, 0.717) is 34.7 Å². The van der Waals surface area contributed by atoms with Crippen LogP contribution in [0.2, 0.25) is 10.0 Å². The summed E-state index contributed by atoms with van der Waals surface area (Å²) in [5, 5.41) is 9.28. The van der Waals surface area contributed by atoms with E-state index in [4.69, 9.17) is 23.2 Å². The molecule has 0 aliphatic carbocycles. The van der Waals surface area contributed by atoms with Gasteiger partial charge in [0.25, 0.3) is 5.91 Å². The Morgan fingerprint density at radius 2 is 1.88 bits per heavy atom. The van der Waals surface area contributed by atoms with Crippen LogP contribution >= 0.6 is 23.2 Å². The number of fused-ring (bicyclic) bond motifs is 1. The molecule has 2 aromatic heterocycles. The molecular formula is C17H14Cl2N6O. The van der Waals surface area contributed by atoms with Crippen LogP contribution in [0.3, 0.4) is 0 Å². The van der Waals surface area contributed by atoms with Crippen molar-refractivity contribution in [2.24, 2.45) is 0 Å². The van der Waals surface area contributed by atoms with Crippen LogP contribution in [0, 0.1) is 0 Å². The summed E-state index contributed by atoms with van der Waals surface area (Å²) in [5.41, 5.74) is 1.30. The minimum atomic E-state index is -0.220. The van der Waals surface area contributed by atoms with E-state index >= 15 is 0 Å². The second-order valence-electron chi connectivity index (χ2n) is 6.03. The number of amides is 1. The maximum absolute atomic E-state index is 13.0. The summed E-state index contributed by atoms with van der Waals surface area (Å²) in [6, 6.07) is 5.21. The molecule has 1 aliphatic heterocycles. The summed E-state index contributed by atoms with van der Waals surface area (Å²) in [5.74, 6) is 0.582. The van der Waals surface area contributed by atoms with E-state index in [0.717, 1.165) is 5.56 Å². The predicted molar refractivity (Wildman–Crippen MR) is 96.8 cm³/mol. The van der Waals surface area contributed by atoms with E-state index in [1.165, 1.54) is 0 Å². The van der Waals surface area contributed by atoms with E-state index in [1.54, 1.807) is 46.3 Å². The fourth-order valence-corrected chi connectivity index (χ4v) is 3.53. The molecule has 0 bridgehead atoms. The van der Waals surface area contributed by atoms with Crippen LogP contribution in [-0.2, 0) is 13.1 Å².